The summed E-state index contributed by atoms with van der Waals surface area (Å²) in [6.07, 6.45) is 0.920. The summed E-state index contributed by atoms with van der Waals surface area (Å²) in [5.41, 5.74) is 4.70. The molecule has 1 amide bonds. The second-order valence-corrected chi connectivity index (χ2v) is 4.74. The summed E-state index contributed by atoms with van der Waals surface area (Å²) >= 11 is 0. The topological polar surface area (TPSA) is 57.8 Å². The number of benzene rings is 1. The molecule has 4 heteroatoms. The van der Waals surface area contributed by atoms with Crippen LogP contribution >= 0.6 is 0 Å². The number of carbonyl (C=O) groups is 1. The van der Waals surface area contributed by atoms with Crippen molar-refractivity contribution in [1.29, 1.82) is 0 Å². The molecule has 0 saturated heterocycles. The van der Waals surface area contributed by atoms with E-state index in [-0.39, 0.29) is 5.91 Å². The van der Waals surface area contributed by atoms with E-state index < -0.39 is 0 Å². The number of H-pyrrole nitrogens is 1. The molecular formula is C15H19N3O. The lowest BCUT2D eigenvalue weighted by Gasteiger charge is -2.03. The second kappa shape index (κ2) is 5.69. The summed E-state index contributed by atoms with van der Waals surface area (Å²) in [6, 6.07) is 8.02. The highest BCUT2D eigenvalue weighted by molar-refractivity contribution is 5.93. The Morgan fingerprint density at radius 2 is 2.11 bits per heavy atom. The fraction of sp³-hybridized carbons (Fsp3) is 0.333. The van der Waals surface area contributed by atoms with Crippen molar-refractivity contribution in [2.75, 3.05) is 6.54 Å². The second-order valence-electron chi connectivity index (χ2n) is 4.74. The monoisotopic (exact) mass is 257 g/mol. The van der Waals surface area contributed by atoms with Gasteiger partial charge in [-0.1, -0.05) is 24.6 Å². The van der Waals surface area contributed by atoms with Gasteiger partial charge >= 0.3 is 0 Å². The third kappa shape index (κ3) is 3.02. The molecular weight excluding hydrogens is 238 g/mol. The maximum Gasteiger partial charge on any atom is 0.269 e. The van der Waals surface area contributed by atoms with Crippen molar-refractivity contribution in [3.05, 3.63) is 41.1 Å². The summed E-state index contributed by atoms with van der Waals surface area (Å²) in [5.74, 6) is -0.106. The zero-order valence-electron chi connectivity index (χ0n) is 11.6. The van der Waals surface area contributed by atoms with Gasteiger partial charge in [0, 0.05) is 12.1 Å². The first-order valence-corrected chi connectivity index (χ1v) is 6.53. The van der Waals surface area contributed by atoms with E-state index in [2.05, 4.69) is 33.7 Å². The molecule has 1 aromatic heterocycles. The molecule has 100 valence electrons. The number of rotatable bonds is 4. The SMILES string of the molecule is CCCNC(=O)c1cc(-c2cc(C)ccc2C)n[nH]1. The summed E-state index contributed by atoms with van der Waals surface area (Å²) in [5, 5.41) is 9.86. The van der Waals surface area contributed by atoms with E-state index in [0.29, 0.717) is 12.2 Å². The van der Waals surface area contributed by atoms with Gasteiger partial charge < -0.3 is 5.32 Å². The predicted molar refractivity (Wildman–Crippen MR) is 76.1 cm³/mol. The number of nitrogens with one attached hydrogen (secondary N) is 2. The molecule has 0 aliphatic carbocycles. The van der Waals surface area contributed by atoms with Gasteiger partial charge in [-0.2, -0.15) is 5.10 Å². The summed E-state index contributed by atoms with van der Waals surface area (Å²) < 4.78 is 0. The molecule has 0 radical (unpaired) electrons. The molecule has 1 heterocycles. The Bertz CT molecular complexity index is 587. The summed E-state index contributed by atoms with van der Waals surface area (Å²) in [6.45, 7) is 6.79. The Kier molecular flexibility index (Phi) is 4.00. The minimum atomic E-state index is -0.106. The number of amides is 1. The lowest BCUT2D eigenvalue weighted by molar-refractivity contribution is 0.0948. The van der Waals surface area contributed by atoms with Crippen molar-refractivity contribution < 1.29 is 4.79 Å². The number of hydrogen-bond acceptors (Lipinski definition) is 2. The normalized spacial score (nSPS) is 10.5. The van der Waals surface area contributed by atoms with Gasteiger partial charge in [-0.15, -0.1) is 0 Å². The largest absolute Gasteiger partial charge is 0.351 e. The van der Waals surface area contributed by atoms with Gasteiger partial charge in [0.25, 0.3) is 5.91 Å². The first kappa shape index (κ1) is 13.3. The fourth-order valence-electron chi connectivity index (χ4n) is 1.92. The predicted octanol–water partition coefficient (Wildman–Crippen LogP) is 2.83. The first-order valence-electron chi connectivity index (χ1n) is 6.53. The zero-order valence-corrected chi connectivity index (χ0v) is 11.6. The van der Waals surface area contributed by atoms with Gasteiger partial charge in [-0.3, -0.25) is 9.89 Å². The number of carbonyl (C=O) groups excluding carboxylic acids is 1. The summed E-state index contributed by atoms with van der Waals surface area (Å²) in [7, 11) is 0. The molecule has 19 heavy (non-hydrogen) atoms. The maximum atomic E-state index is 11.8. The Balaban J connectivity index is 2.25. The van der Waals surface area contributed by atoms with E-state index >= 15 is 0 Å². The molecule has 0 fully saturated rings. The molecule has 2 N–H and O–H groups in total. The van der Waals surface area contributed by atoms with Crippen LogP contribution in [0.2, 0.25) is 0 Å². The van der Waals surface area contributed by atoms with Gasteiger partial charge in [-0.25, -0.2) is 0 Å². The first-order chi connectivity index (χ1) is 9.11. The van der Waals surface area contributed by atoms with E-state index in [0.717, 1.165) is 23.2 Å². The molecule has 0 bridgehead atoms. The lowest BCUT2D eigenvalue weighted by Crippen LogP contribution is -2.24. The molecule has 1 aromatic carbocycles. The quantitative estimate of drug-likeness (QED) is 0.884. The average molecular weight is 257 g/mol. The number of aromatic nitrogens is 2. The molecule has 0 aliphatic heterocycles. The minimum absolute atomic E-state index is 0.106. The van der Waals surface area contributed by atoms with Gasteiger partial charge in [-0.05, 0) is 38.0 Å². The van der Waals surface area contributed by atoms with E-state index in [1.165, 1.54) is 5.56 Å². The standard InChI is InChI=1S/C15H19N3O/c1-4-7-16-15(19)14-9-13(17-18-14)12-8-10(2)5-6-11(12)3/h5-6,8-9H,4,7H2,1-3H3,(H,16,19)(H,17,18). The molecule has 0 unspecified atom stereocenters. The molecule has 0 atom stereocenters. The van der Waals surface area contributed by atoms with Crippen LogP contribution < -0.4 is 5.32 Å². The third-order valence-corrected chi connectivity index (χ3v) is 3.03. The maximum absolute atomic E-state index is 11.8. The number of nitrogens with zero attached hydrogens (tertiary/aromatic N) is 1. The van der Waals surface area contributed by atoms with Crippen molar-refractivity contribution in [3.63, 3.8) is 0 Å². The molecule has 4 nitrogen and oxygen atoms in total. The average Bonchev–Trinajstić information content (AvgIpc) is 2.88. The van der Waals surface area contributed by atoms with Crippen LogP contribution in [0.1, 0.15) is 35.0 Å². The van der Waals surface area contributed by atoms with E-state index in [9.17, 15) is 4.79 Å². The van der Waals surface area contributed by atoms with Crippen LogP contribution in [0.4, 0.5) is 0 Å². The highest BCUT2D eigenvalue weighted by Crippen LogP contribution is 2.23. The molecule has 0 aliphatic rings. The lowest BCUT2D eigenvalue weighted by atomic mass is 10.0. The highest BCUT2D eigenvalue weighted by atomic mass is 16.1. The highest BCUT2D eigenvalue weighted by Gasteiger charge is 2.11. The van der Waals surface area contributed by atoms with Crippen LogP contribution in [0.5, 0.6) is 0 Å². The molecule has 2 rings (SSSR count). The smallest absolute Gasteiger partial charge is 0.269 e. The zero-order chi connectivity index (χ0) is 13.8. The van der Waals surface area contributed by atoms with E-state index in [4.69, 9.17) is 0 Å². The number of hydrogen-bond donors (Lipinski definition) is 2. The van der Waals surface area contributed by atoms with Crippen molar-refractivity contribution in [1.82, 2.24) is 15.5 Å². The molecule has 0 spiro atoms. The third-order valence-electron chi connectivity index (χ3n) is 3.03. The van der Waals surface area contributed by atoms with Gasteiger partial charge in [0.2, 0.25) is 0 Å². The fourth-order valence-corrected chi connectivity index (χ4v) is 1.92. The van der Waals surface area contributed by atoms with Crippen LogP contribution in [-0.2, 0) is 0 Å². The molecule has 2 aromatic rings. The number of aromatic amines is 1. The Morgan fingerprint density at radius 1 is 1.32 bits per heavy atom. The van der Waals surface area contributed by atoms with Crippen molar-refractivity contribution in [3.8, 4) is 11.3 Å². The number of aryl methyl sites for hydroxylation is 2. The van der Waals surface area contributed by atoms with E-state index in [1.807, 2.05) is 20.8 Å². The van der Waals surface area contributed by atoms with Crippen LogP contribution in [0.3, 0.4) is 0 Å². The molecule has 0 saturated carbocycles. The van der Waals surface area contributed by atoms with Crippen molar-refractivity contribution >= 4 is 5.91 Å². The van der Waals surface area contributed by atoms with E-state index in [1.54, 1.807) is 6.07 Å². The van der Waals surface area contributed by atoms with Gasteiger partial charge in [0.1, 0.15) is 5.69 Å². The van der Waals surface area contributed by atoms with Gasteiger partial charge in [0.05, 0.1) is 5.69 Å². The van der Waals surface area contributed by atoms with Crippen LogP contribution in [0, 0.1) is 13.8 Å². The van der Waals surface area contributed by atoms with Crippen LogP contribution in [0.25, 0.3) is 11.3 Å². The van der Waals surface area contributed by atoms with Crippen LogP contribution in [-0.4, -0.2) is 22.6 Å². The Morgan fingerprint density at radius 3 is 2.84 bits per heavy atom. The Hall–Kier alpha value is -2.10. The van der Waals surface area contributed by atoms with Crippen molar-refractivity contribution in [2.45, 2.75) is 27.2 Å². The van der Waals surface area contributed by atoms with Crippen LogP contribution in [0.15, 0.2) is 24.3 Å². The minimum Gasteiger partial charge on any atom is -0.351 e. The van der Waals surface area contributed by atoms with Crippen molar-refractivity contribution in [2.24, 2.45) is 0 Å². The summed E-state index contributed by atoms with van der Waals surface area (Å²) in [4.78, 5) is 11.8. The Labute approximate surface area is 113 Å². The van der Waals surface area contributed by atoms with Gasteiger partial charge in [0.15, 0.2) is 0 Å².